The molecule has 0 bridgehead atoms. The van der Waals surface area contributed by atoms with E-state index in [0.717, 1.165) is 48.1 Å². The third-order valence-corrected chi connectivity index (χ3v) is 5.55. The van der Waals surface area contributed by atoms with Crippen LogP contribution in [0.3, 0.4) is 0 Å². The molecule has 1 amide bonds. The lowest BCUT2D eigenvalue weighted by molar-refractivity contribution is 0.102. The number of anilines is 1. The smallest absolute Gasteiger partial charge is 0.349 e. The lowest BCUT2D eigenvalue weighted by Gasteiger charge is -2.22. The van der Waals surface area contributed by atoms with Crippen LogP contribution in [0.2, 0.25) is 0 Å². The number of hydrogen-bond acceptors (Lipinski definition) is 5. The molecule has 1 aliphatic heterocycles. The zero-order valence-electron chi connectivity index (χ0n) is 17.8. The second kappa shape index (κ2) is 10.3. The first-order valence-corrected chi connectivity index (χ1v) is 9.97. The fourth-order valence-electron chi connectivity index (χ4n) is 3.96. The third-order valence-electron chi connectivity index (χ3n) is 5.55. The average molecular weight is 464 g/mol. The summed E-state index contributed by atoms with van der Waals surface area (Å²) in [5.41, 5.74) is 3.37. The van der Waals surface area contributed by atoms with Crippen molar-refractivity contribution in [3.8, 4) is 0 Å². The number of benzene rings is 1. The van der Waals surface area contributed by atoms with Crippen molar-refractivity contribution in [2.45, 2.75) is 39.5 Å². The summed E-state index contributed by atoms with van der Waals surface area (Å²) >= 11 is 0. The van der Waals surface area contributed by atoms with Gasteiger partial charge >= 0.3 is 5.63 Å². The Balaban J connectivity index is 0.00000171. The Morgan fingerprint density at radius 1 is 1.13 bits per heavy atom. The molecule has 2 aromatic heterocycles. The van der Waals surface area contributed by atoms with Gasteiger partial charge in [-0.2, -0.15) is 0 Å². The van der Waals surface area contributed by atoms with Crippen LogP contribution in [-0.4, -0.2) is 24.0 Å². The second-order valence-electron chi connectivity index (χ2n) is 7.77. The largest absolute Gasteiger partial charge is 0.427 e. The number of halogens is 2. The molecule has 1 aliphatic rings. The zero-order chi connectivity index (χ0) is 20.5. The molecule has 4 rings (SSSR count). The maximum absolute atomic E-state index is 13.0. The Morgan fingerprint density at radius 3 is 2.58 bits per heavy atom. The first-order chi connectivity index (χ1) is 13.9. The minimum Gasteiger partial charge on any atom is -0.427 e. The molecule has 0 saturated carbocycles. The molecule has 6 nitrogen and oxygen atoms in total. The standard InChI is InChI=1S/C23H25N3O3.2ClH/c1-13-6-9-18-17(8-7-15(3)25-18)21(13)26-22(27)20-14(2)11-19(29-23(20)28)16-5-4-10-24-12-16;;/h6-9,11,16,24H,4-5,10,12H2,1-3H3,(H,26,27);2*1H. The van der Waals surface area contributed by atoms with E-state index in [4.69, 9.17) is 4.42 Å². The van der Waals surface area contributed by atoms with E-state index < -0.39 is 11.5 Å². The van der Waals surface area contributed by atoms with Crippen LogP contribution < -0.4 is 16.3 Å². The van der Waals surface area contributed by atoms with Gasteiger partial charge in [0.2, 0.25) is 0 Å². The number of pyridine rings is 1. The first-order valence-electron chi connectivity index (χ1n) is 9.97. The molecule has 1 aromatic carbocycles. The molecule has 1 unspecified atom stereocenters. The fourth-order valence-corrected chi connectivity index (χ4v) is 3.96. The van der Waals surface area contributed by atoms with E-state index in [0.29, 0.717) is 17.0 Å². The highest BCUT2D eigenvalue weighted by Gasteiger charge is 2.23. The molecule has 3 heterocycles. The molecule has 0 radical (unpaired) electrons. The van der Waals surface area contributed by atoms with Gasteiger partial charge in [0, 0.05) is 23.5 Å². The minimum absolute atomic E-state index is 0. The van der Waals surface area contributed by atoms with Crippen molar-refractivity contribution < 1.29 is 9.21 Å². The quantitative estimate of drug-likeness (QED) is 0.588. The van der Waals surface area contributed by atoms with Gasteiger partial charge in [0.05, 0.1) is 11.2 Å². The highest BCUT2D eigenvalue weighted by molar-refractivity contribution is 6.09. The number of nitrogens with zero attached hydrogens (tertiary/aromatic N) is 1. The number of piperidine rings is 1. The van der Waals surface area contributed by atoms with Crippen LogP contribution in [-0.2, 0) is 0 Å². The molecule has 8 heteroatoms. The predicted octanol–water partition coefficient (Wildman–Crippen LogP) is 4.68. The molecule has 2 N–H and O–H groups in total. The van der Waals surface area contributed by atoms with E-state index in [-0.39, 0.29) is 36.3 Å². The van der Waals surface area contributed by atoms with Gasteiger partial charge in [-0.15, -0.1) is 24.8 Å². The molecular weight excluding hydrogens is 437 g/mol. The van der Waals surface area contributed by atoms with E-state index in [1.807, 2.05) is 44.2 Å². The van der Waals surface area contributed by atoms with Crippen molar-refractivity contribution in [1.82, 2.24) is 10.3 Å². The van der Waals surface area contributed by atoms with Crippen LogP contribution in [0.5, 0.6) is 0 Å². The van der Waals surface area contributed by atoms with E-state index in [9.17, 15) is 9.59 Å². The van der Waals surface area contributed by atoms with Crippen molar-refractivity contribution in [3.05, 3.63) is 68.9 Å². The molecule has 31 heavy (non-hydrogen) atoms. The summed E-state index contributed by atoms with van der Waals surface area (Å²) in [6, 6.07) is 9.52. The fraction of sp³-hybridized carbons (Fsp3) is 0.348. The van der Waals surface area contributed by atoms with Crippen molar-refractivity contribution in [2.24, 2.45) is 0 Å². The summed E-state index contributed by atoms with van der Waals surface area (Å²) in [4.78, 5) is 30.2. The van der Waals surface area contributed by atoms with Gasteiger partial charge in [-0.25, -0.2) is 4.79 Å². The number of hydrogen-bond donors (Lipinski definition) is 2. The van der Waals surface area contributed by atoms with Crippen LogP contribution in [0, 0.1) is 20.8 Å². The van der Waals surface area contributed by atoms with E-state index in [1.54, 1.807) is 6.92 Å². The average Bonchev–Trinajstić information content (AvgIpc) is 2.70. The first kappa shape index (κ1) is 24.9. The number of rotatable bonds is 3. The summed E-state index contributed by atoms with van der Waals surface area (Å²) < 4.78 is 5.55. The normalized spacial score (nSPS) is 15.6. The number of amides is 1. The number of carbonyl (C=O) groups excluding carboxylic acids is 1. The molecule has 0 spiro atoms. The Hall–Kier alpha value is -2.41. The van der Waals surface area contributed by atoms with Gasteiger partial charge in [-0.05, 0) is 75.5 Å². The molecule has 1 atom stereocenters. The number of aromatic nitrogens is 1. The van der Waals surface area contributed by atoms with Crippen LogP contribution >= 0.6 is 24.8 Å². The Kier molecular flexibility index (Phi) is 8.23. The summed E-state index contributed by atoms with van der Waals surface area (Å²) in [6.07, 6.45) is 2.02. The summed E-state index contributed by atoms with van der Waals surface area (Å²) in [7, 11) is 0. The van der Waals surface area contributed by atoms with E-state index >= 15 is 0 Å². The Morgan fingerprint density at radius 2 is 1.90 bits per heavy atom. The van der Waals surface area contributed by atoms with Crippen LogP contribution in [0.1, 0.15) is 51.7 Å². The SMILES string of the molecule is Cc1ccc2c(NC(=O)c3c(C)cc(C4CCCNC4)oc3=O)c(C)ccc2n1.Cl.Cl. The van der Waals surface area contributed by atoms with E-state index in [2.05, 4.69) is 15.6 Å². The molecule has 1 fully saturated rings. The van der Waals surface area contributed by atoms with Crippen LogP contribution in [0.15, 0.2) is 39.5 Å². The van der Waals surface area contributed by atoms with Gasteiger partial charge in [-0.1, -0.05) is 6.07 Å². The summed E-state index contributed by atoms with van der Waals surface area (Å²) in [5, 5.41) is 7.08. The maximum Gasteiger partial charge on any atom is 0.349 e. The lowest BCUT2D eigenvalue weighted by atomic mass is 9.95. The van der Waals surface area contributed by atoms with Crippen molar-refractivity contribution in [1.29, 1.82) is 0 Å². The summed E-state index contributed by atoms with van der Waals surface area (Å²) in [6.45, 7) is 7.40. The zero-order valence-corrected chi connectivity index (χ0v) is 19.4. The van der Waals surface area contributed by atoms with Crippen molar-refractivity contribution in [3.63, 3.8) is 0 Å². The van der Waals surface area contributed by atoms with Gasteiger partial charge < -0.3 is 15.1 Å². The maximum atomic E-state index is 13.0. The van der Waals surface area contributed by atoms with Gasteiger partial charge in [0.15, 0.2) is 0 Å². The topological polar surface area (TPSA) is 84.2 Å². The van der Waals surface area contributed by atoms with E-state index in [1.165, 1.54) is 0 Å². The Bertz CT molecular complexity index is 1150. The minimum atomic E-state index is -0.588. The molecule has 0 aliphatic carbocycles. The number of nitrogens with one attached hydrogen (secondary N) is 2. The third kappa shape index (κ3) is 5.09. The van der Waals surface area contributed by atoms with Crippen molar-refractivity contribution in [2.75, 3.05) is 18.4 Å². The van der Waals surface area contributed by atoms with Gasteiger partial charge in [0.1, 0.15) is 11.3 Å². The monoisotopic (exact) mass is 463 g/mol. The molecule has 3 aromatic rings. The number of carbonyl (C=O) groups is 1. The van der Waals surface area contributed by atoms with Gasteiger partial charge in [-0.3, -0.25) is 9.78 Å². The lowest BCUT2D eigenvalue weighted by Crippen LogP contribution is -2.30. The predicted molar refractivity (Wildman–Crippen MR) is 128 cm³/mol. The van der Waals surface area contributed by atoms with Crippen LogP contribution in [0.4, 0.5) is 5.69 Å². The molecular formula is C23H27Cl2N3O3. The summed E-state index contributed by atoms with van der Waals surface area (Å²) in [5.74, 6) is 0.361. The Labute approximate surface area is 193 Å². The van der Waals surface area contributed by atoms with Crippen LogP contribution in [0.25, 0.3) is 10.9 Å². The highest BCUT2D eigenvalue weighted by atomic mass is 35.5. The second-order valence-corrected chi connectivity index (χ2v) is 7.77. The molecule has 1 saturated heterocycles. The highest BCUT2D eigenvalue weighted by Crippen LogP contribution is 2.28. The molecule has 166 valence electrons. The number of fused-ring (bicyclic) bond motifs is 1. The van der Waals surface area contributed by atoms with Gasteiger partial charge in [0.25, 0.3) is 5.91 Å². The van der Waals surface area contributed by atoms with Crippen molar-refractivity contribution >= 4 is 47.3 Å². The number of aryl methyl sites for hydroxylation is 3.